The zero-order chi connectivity index (χ0) is 14.2. The maximum atomic E-state index is 12.1. The first kappa shape index (κ1) is 13.0. The van der Waals surface area contributed by atoms with E-state index in [1.807, 2.05) is 0 Å². The van der Waals surface area contributed by atoms with Gasteiger partial charge in [-0.15, -0.1) is 0 Å². The average molecular weight is 291 g/mol. The summed E-state index contributed by atoms with van der Waals surface area (Å²) in [6, 6.07) is 4.74. The van der Waals surface area contributed by atoms with Crippen LogP contribution in [0.15, 0.2) is 30.6 Å². The van der Waals surface area contributed by atoms with E-state index in [9.17, 15) is 13.2 Å². The van der Waals surface area contributed by atoms with Crippen molar-refractivity contribution in [3.8, 4) is 0 Å². The molecule has 1 fully saturated rings. The zero-order valence-electron chi connectivity index (χ0n) is 10.6. The van der Waals surface area contributed by atoms with Gasteiger partial charge in [0.2, 0.25) is 0 Å². The summed E-state index contributed by atoms with van der Waals surface area (Å²) in [5, 5.41) is 2.75. The molecule has 6 nitrogen and oxygen atoms in total. The maximum Gasteiger partial charge on any atom is 0.251 e. The van der Waals surface area contributed by atoms with Crippen LogP contribution in [0.4, 0.5) is 0 Å². The molecule has 0 radical (unpaired) electrons. The highest BCUT2D eigenvalue weighted by atomic mass is 32.2. The number of nitrogens with one attached hydrogen (secondary N) is 1. The van der Waals surface area contributed by atoms with Crippen molar-refractivity contribution in [2.45, 2.75) is 12.5 Å². The number of fused-ring (bicyclic) bond motifs is 1. The Morgan fingerprint density at radius 2 is 1.95 bits per heavy atom. The minimum atomic E-state index is -3.00. The van der Waals surface area contributed by atoms with Gasteiger partial charge in [-0.25, -0.2) is 8.42 Å². The molecule has 1 aromatic heterocycles. The standard InChI is InChI=1S/C13H13N3O3S/c17-13(16-10-3-6-20(18,19)8-10)9-1-2-11-12(7-9)15-5-4-14-11/h1-2,4-5,7,10H,3,6,8H2,(H,16,17). The average Bonchev–Trinajstić information content (AvgIpc) is 2.77. The van der Waals surface area contributed by atoms with Gasteiger partial charge in [-0.1, -0.05) is 0 Å². The number of benzene rings is 1. The van der Waals surface area contributed by atoms with Crippen molar-refractivity contribution in [2.75, 3.05) is 11.5 Å². The molecule has 2 aromatic rings. The lowest BCUT2D eigenvalue weighted by molar-refractivity contribution is 0.0941. The van der Waals surface area contributed by atoms with Gasteiger partial charge in [0.1, 0.15) is 0 Å². The molecule has 2 heterocycles. The summed E-state index contributed by atoms with van der Waals surface area (Å²) >= 11 is 0. The molecule has 7 heteroatoms. The van der Waals surface area contributed by atoms with Crippen LogP contribution < -0.4 is 5.32 Å². The number of carbonyl (C=O) groups is 1. The van der Waals surface area contributed by atoms with Crippen molar-refractivity contribution in [2.24, 2.45) is 0 Å². The lowest BCUT2D eigenvalue weighted by atomic mass is 10.1. The molecule has 1 unspecified atom stereocenters. The van der Waals surface area contributed by atoms with E-state index in [4.69, 9.17) is 0 Å². The molecule has 1 saturated heterocycles. The molecule has 0 aliphatic carbocycles. The quantitative estimate of drug-likeness (QED) is 0.872. The van der Waals surface area contributed by atoms with Gasteiger partial charge >= 0.3 is 0 Å². The summed E-state index contributed by atoms with van der Waals surface area (Å²) in [4.78, 5) is 20.4. The summed E-state index contributed by atoms with van der Waals surface area (Å²) in [6.07, 6.45) is 3.63. The molecular formula is C13H13N3O3S. The molecule has 1 aliphatic rings. The lowest BCUT2D eigenvalue weighted by Gasteiger charge is -2.10. The molecule has 0 bridgehead atoms. The van der Waals surface area contributed by atoms with Crippen LogP contribution in [-0.4, -0.2) is 41.8 Å². The third kappa shape index (κ3) is 2.62. The van der Waals surface area contributed by atoms with E-state index in [0.29, 0.717) is 23.0 Å². The van der Waals surface area contributed by atoms with Gasteiger partial charge in [0.25, 0.3) is 5.91 Å². The monoisotopic (exact) mass is 291 g/mol. The van der Waals surface area contributed by atoms with Crippen molar-refractivity contribution < 1.29 is 13.2 Å². The Morgan fingerprint density at radius 1 is 1.20 bits per heavy atom. The van der Waals surface area contributed by atoms with Gasteiger partial charge in [-0.05, 0) is 24.6 Å². The molecule has 1 aromatic carbocycles. The smallest absolute Gasteiger partial charge is 0.251 e. The second-order valence-electron chi connectivity index (χ2n) is 4.83. The number of amides is 1. The number of carbonyl (C=O) groups excluding carboxylic acids is 1. The summed E-state index contributed by atoms with van der Waals surface area (Å²) in [5.74, 6) is -0.118. The Labute approximate surface area is 116 Å². The lowest BCUT2D eigenvalue weighted by Crippen LogP contribution is -2.35. The van der Waals surface area contributed by atoms with Gasteiger partial charge in [0, 0.05) is 24.0 Å². The molecule has 3 rings (SSSR count). The number of nitrogens with zero attached hydrogens (tertiary/aromatic N) is 2. The first-order chi connectivity index (χ1) is 9.53. The van der Waals surface area contributed by atoms with E-state index in [2.05, 4.69) is 15.3 Å². The van der Waals surface area contributed by atoms with E-state index in [-0.39, 0.29) is 23.5 Å². The largest absolute Gasteiger partial charge is 0.348 e. The van der Waals surface area contributed by atoms with E-state index < -0.39 is 9.84 Å². The van der Waals surface area contributed by atoms with Gasteiger partial charge in [0.15, 0.2) is 9.84 Å². The fraction of sp³-hybridized carbons (Fsp3) is 0.308. The number of hydrogen-bond donors (Lipinski definition) is 1. The van der Waals surface area contributed by atoms with Crippen LogP contribution >= 0.6 is 0 Å². The van der Waals surface area contributed by atoms with Crippen molar-refractivity contribution in [3.63, 3.8) is 0 Å². The molecule has 0 saturated carbocycles. The van der Waals surface area contributed by atoms with Crippen molar-refractivity contribution in [1.82, 2.24) is 15.3 Å². The van der Waals surface area contributed by atoms with E-state index in [1.165, 1.54) is 0 Å². The topological polar surface area (TPSA) is 89.0 Å². The number of rotatable bonds is 2. The van der Waals surface area contributed by atoms with E-state index in [0.717, 1.165) is 0 Å². The Bertz CT molecular complexity index is 773. The van der Waals surface area contributed by atoms with Crippen molar-refractivity contribution >= 4 is 26.8 Å². The maximum absolute atomic E-state index is 12.1. The Balaban J connectivity index is 1.79. The third-order valence-electron chi connectivity index (χ3n) is 3.30. The number of sulfone groups is 1. The normalized spacial score (nSPS) is 20.9. The summed E-state index contributed by atoms with van der Waals surface area (Å²) < 4.78 is 22.7. The highest BCUT2D eigenvalue weighted by Gasteiger charge is 2.29. The second-order valence-corrected chi connectivity index (χ2v) is 7.06. The highest BCUT2D eigenvalue weighted by molar-refractivity contribution is 7.91. The first-order valence-corrected chi connectivity index (χ1v) is 8.08. The third-order valence-corrected chi connectivity index (χ3v) is 5.07. The summed E-state index contributed by atoms with van der Waals surface area (Å²) in [6.45, 7) is 0. The van der Waals surface area contributed by atoms with Crippen LogP contribution in [-0.2, 0) is 9.84 Å². The van der Waals surface area contributed by atoms with E-state index >= 15 is 0 Å². The van der Waals surface area contributed by atoms with Crippen LogP contribution in [0.5, 0.6) is 0 Å². The summed E-state index contributed by atoms with van der Waals surface area (Å²) in [7, 11) is -3.00. The van der Waals surface area contributed by atoms with Crippen LogP contribution in [0.2, 0.25) is 0 Å². The van der Waals surface area contributed by atoms with Crippen LogP contribution in [0, 0.1) is 0 Å². The second kappa shape index (κ2) is 4.82. The zero-order valence-corrected chi connectivity index (χ0v) is 11.4. The molecule has 1 N–H and O–H groups in total. The van der Waals surface area contributed by atoms with Gasteiger partial charge in [0.05, 0.1) is 22.5 Å². The fourth-order valence-corrected chi connectivity index (χ4v) is 3.96. The SMILES string of the molecule is O=C(NC1CCS(=O)(=O)C1)c1ccc2nccnc2c1. The fourth-order valence-electron chi connectivity index (χ4n) is 2.28. The van der Waals surface area contributed by atoms with E-state index in [1.54, 1.807) is 30.6 Å². The molecule has 104 valence electrons. The molecule has 1 aliphatic heterocycles. The Kier molecular flexibility index (Phi) is 3.13. The van der Waals surface area contributed by atoms with Crippen molar-refractivity contribution in [3.05, 3.63) is 36.2 Å². The minimum absolute atomic E-state index is 0.0200. The summed E-state index contributed by atoms with van der Waals surface area (Å²) in [5.41, 5.74) is 1.81. The molecular weight excluding hydrogens is 278 g/mol. The minimum Gasteiger partial charge on any atom is -0.348 e. The van der Waals surface area contributed by atoms with Gasteiger partial charge in [-0.2, -0.15) is 0 Å². The number of aromatic nitrogens is 2. The van der Waals surface area contributed by atoms with Crippen LogP contribution in [0.3, 0.4) is 0 Å². The highest BCUT2D eigenvalue weighted by Crippen LogP contribution is 2.14. The van der Waals surface area contributed by atoms with Crippen molar-refractivity contribution in [1.29, 1.82) is 0 Å². The van der Waals surface area contributed by atoms with Crippen LogP contribution in [0.1, 0.15) is 16.8 Å². The van der Waals surface area contributed by atoms with Crippen LogP contribution in [0.25, 0.3) is 11.0 Å². The van der Waals surface area contributed by atoms with Gasteiger partial charge in [-0.3, -0.25) is 14.8 Å². The predicted octanol–water partition coefficient (Wildman–Crippen LogP) is 0.547. The molecule has 0 spiro atoms. The Morgan fingerprint density at radius 3 is 2.65 bits per heavy atom. The molecule has 1 atom stereocenters. The Hall–Kier alpha value is -2.02. The predicted molar refractivity (Wildman–Crippen MR) is 74.1 cm³/mol. The first-order valence-electron chi connectivity index (χ1n) is 6.25. The number of hydrogen-bond acceptors (Lipinski definition) is 5. The molecule has 20 heavy (non-hydrogen) atoms. The molecule has 1 amide bonds. The van der Waals surface area contributed by atoms with Gasteiger partial charge < -0.3 is 5.32 Å².